The number of aliphatic hydroxyl groups is 1. The Bertz CT molecular complexity index is 1030. The molecule has 5 nitrogen and oxygen atoms in total. The summed E-state index contributed by atoms with van der Waals surface area (Å²) in [4.78, 5) is 12.1. The second-order valence-electron chi connectivity index (χ2n) is 6.31. The van der Waals surface area contributed by atoms with Crippen molar-refractivity contribution < 1.29 is 9.90 Å². The number of rotatable bonds is 5. The van der Waals surface area contributed by atoms with Crippen LogP contribution in [-0.4, -0.2) is 21.8 Å². The molecule has 28 heavy (non-hydrogen) atoms. The van der Waals surface area contributed by atoms with Gasteiger partial charge in [-0.25, -0.2) is 5.43 Å². The average Bonchev–Trinajstić information content (AvgIpc) is 2.97. The zero-order chi connectivity index (χ0) is 20.3. The number of aromatic nitrogens is 1. The van der Waals surface area contributed by atoms with E-state index in [-0.39, 0.29) is 0 Å². The quantitative estimate of drug-likeness (QED) is 0.472. The Balaban J connectivity index is 1.78. The average molecular weight is 416 g/mol. The molecule has 144 valence electrons. The van der Waals surface area contributed by atoms with E-state index in [0.717, 1.165) is 22.6 Å². The molecule has 0 aliphatic rings. The minimum absolute atomic E-state index is 0.504. The number of carbonyl (C=O) groups is 1. The van der Waals surface area contributed by atoms with Gasteiger partial charge in [0.1, 0.15) is 0 Å². The predicted octanol–water partition coefficient (Wildman–Crippen LogP) is 4.58. The van der Waals surface area contributed by atoms with Gasteiger partial charge in [-0.2, -0.15) is 5.10 Å². The highest BCUT2D eigenvalue weighted by molar-refractivity contribution is 6.34. The van der Waals surface area contributed by atoms with Gasteiger partial charge in [0.25, 0.3) is 5.91 Å². The molecular weight excluding hydrogens is 397 g/mol. The number of hydrazone groups is 1. The van der Waals surface area contributed by atoms with Crippen molar-refractivity contribution in [3.8, 4) is 5.69 Å². The van der Waals surface area contributed by atoms with Crippen molar-refractivity contribution >= 4 is 35.3 Å². The van der Waals surface area contributed by atoms with Gasteiger partial charge in [0.05, 0.1) is 16.9 Å². The van der Waals surface area contributed by atoms with Gasteiger partial charge in [-0.15, -0.1) is 0 Å². The standard InChI is InChI=1S/C21H19Cl2N3O2/c1-13-10-16(14(2)26(13)19-11-17(22)8-9-18(19)23)12-24-25-21(28)20(27)15-6-4-3-5-7-15/h3-12,20,27H,1-2H3,(H,25,28)/b24-12-/t20-/m0/s1. The fourth-order valence-corrected chi connectivity index (χ4v) is 3.33. The van der Waals surface area contributed by atoms with Crippen molar-refractivity contribution in [2.75, 3.05) is 0 Å². The molecule has 0 aliphatic carbocycles. The first kappa shape index (κ1) is 20.1. The van der Waals surface area contributed by atoms with E-state index < -0.39 is 12.0 Å². The number of aryl methyl sites for hydroxylation is 1. The van der Waals surface area contributed by atoms with E-state index in [1.807, 2.05) is 30.5 Å². The summed E-state index contributed by atoms with van der Waals surface area (Å²) < 4.78 is 1.97. The zero-order valence-electron chi connectivity index (χ0n) is 15.4. The summed E-state index contributed by atoms with van der Waals surface area (Å²) in [5.41, 5.74) is 6.29. The lowest BCUT2D eigenvalue weighted by atomic mass is 10.1. The summed E-state index contributed by atoms with van der Waals surface area (Å²) in [6.07, 6.45) is 0.253. The predicted molar refractivity (Wildman–Crippen MR) is 112 cm³/mol. The number of hydrogen-bond acceptors (Lipinski definition) is 3. The molecule has 0 saturated heterocycles. The maximum absolute atomic E-state index is 12.1. The second-order valence-corrected chi connectivity index (χ2v) is 7.15. The van der Waals surface area contributed by atoms with Gasteiger partial charge in [-0.1, -0.05) is 53.5 Å². The van der Waals surface area contributed by atoms with E-state index in [2.05, 4.69) is 10.5 Å². The topological polar surface area (TPSA) is 66.6 Å². The second kappa shape index (κ2) is 8.61. The van der Waals surface area contributed by atoms with E-state index >= 15 is 0 Å². The molecule has 0 bridgehead atoms. The maximum atomic E-state index is 12.1. The van der Waals surface area contributed by atoms with Crippen LogP contribution in [0.5, 0.6) is 0 Å². The van der Waals surface area contributed by atoms with Crippen LogP contribution < -0.4 is 5.43 Å². The van der Waals surface area contributed by atoms with Gasteiger partial charge >= 0.3 is 0 Å². The summed E-state index contributed by atoms with van der Waals surface area (Å²) in [7, 11) is 0. The number of hydrogen-bond donors (Lipinski definition) is 2. The van der Waals surface area contributed by atoms with Crippen molar-refractivity contribution in [1.82, 2.24) is 9.99 Å². The third-order valence-corrected chi connectivity index (χ3v) is 4.92. The molecule has 7 heteroatoms. The van der Waals surface area contributed by atoms with Gasteiger partial charge in [-0.05, 0) is 43.7 Å². The first-order valence-corrected chi connectivity index (χ1v) is 9.34. The van der Waals surface area contributed by atoms with Crippen LogP contribution in [0.15, 0.2) is 59.7 Å². The summed E-state index contributed by atoms with van der Waals surface area (Å²) in [5.74, 6) is -0.603. The molecule has 0 unspecified atom stereocenters. The number of amides is 1. The monoisotopic (exact) mass is 415 g/mol. The lowest BCUT2D eigenvalue weighted by Gasteiger charge is -2.12. The Morgan fingerprint density at radius 1 is 1.14 bits per heavy atom. The lowest BCUT2D eigenvalue weighted by molar-refractivity contribution is -0.129. The van der Waals surface area contributed by atoms with Gasteiger partial charge < -0.3 is 9.67 Å². The molecule has 0 radical (unpaired) electrons. The van der Waals surface area contributed by atoms with E-state index in [9.17, 15) is 9.90 Å². The van der Waals surface area contributed by atoms with E-state index in [1.54, 1.807) is 42.5 Å². The molecule has 1 amide bonds. The molecule has 3 aromatic rings. The molecule has 2 N–H and O–H groups in total. The fraction of sp³-hybridized carbons (Fsp3) is 0.143. The molecule has 1 aromatic heterocycles. The number of carbonyl (C=O) groups excluding carboxylic acids is 1. The Kier molecular flexibility index (Phi) is 6.19. The Hall–Kier alpha value is -2.60. The van der Waals surface area contributed by atoms with Crippen molar-refractivity contribution in [3.05, 3.63) is 87.2 Å². The van der Waals surface area contributed by atoms with Gasteiger partial charge in [0.15, 0.2) is 6.10 Å². The van der Waals surface area contributed by atoms with Crippen molar-refractivity contribution in [2.24, 2.45) is 5.10 Å². The number of benzene rings is 2. The van der Waals surface area contributed by atoms with Crippen LogP contribution in [0.25, 0.3) is 5.69 Å². The van der Waals surface area contributed by atoms with E-state index in [4.69, 9.17) is 23.2 Å². The highest BCUT2D eigenvalue weighted by Gasteiger charge is 2.16. The summed E-state index contributed by atoms with van der Waals surface area (Å²) in [5, 5.41) is 15.2. The summed E-state index contributed by atoms with van der Waals surface area (Å²) in [6.45, 7) is 3.87. The minimum atomic E-state index is -1.28. The first-order valence-electron chi connectivity index (χ1n) is 8.59. The molecule has 0 aliphatic heterocycles. The SMILES string of the molecule is Cc1cc(/C=N\NC(=O)[C@@H](O)c2ccccc2)c(C)n1-c1cc(Cl)ccc1Cl. The largest absolute Gasteiger partial charge is 0.378 e. The smallest absolute Gasteiger partial charge is 0.273 e. The Morgan fingerprint density at radius 2 is 1.86 bits per heavy atom. The molecule has 0 fully saturated rings. The van der Waals surface area contributed by atoms with Crippen LogP contribution in [0.4, 0.5) is 0 Å². The molecule has 1 heterocycles. The van der Waals surface area contributed by atoms with E-state index in [0.29, 0.717) is 15.6 Å². The van der Waals surface area contributed by atoms with Crippen LogP contribution in [-0.2, 0) is 4.79 Å². The van der Waals surface area contributed by atoms with Gasteiger partial charge in [0.2, 0.25) is 0 Å². The van der Waals surface area contributed by atoms with Crippen LogP contribution in [0.2, 0.25) is 10.0 Å². The number of halogens is 2. The van der Waals surface area contributed by atoms with Crippen LogP contribution in [0.3, 0.4) is 0 Å². The molecule has 3 rings (SSSR count). The molecular formula is C21H19Cl2N3O2. The lowest BCUT2D eigenvalue weighted by Crippen LogP contribution is -2.25. The van der Waals surface area contributed by atoms with Crippen LogP contribution >= 0.6 is 23.2 Å². The number of aliphatic hydroxyl groups excluding tert-OH is 1. The van der Waals surface area contributed by atoms with Gasteiger partial charge in [-0.3, -0.25) is 4.79 Å². The number of nitrogens with one attached hydrogen (secondary N) is 1. The Morgan fingerprint density at radius 3 is 2.57 bits per heavy atom. The fourth-order valence-electron chi connectivity index (χ4n) is 2.96. The zero-order valence-corrected chi connectivity index (χ0v) is 16.9. The van der Waals surface area contributed by atoms with Crippen LogP contribution in [0, 0.1) is 13.8 Å². The summed E-state index contributed by atoms with van der Waals surface area (Å²) >= 11 is 12.4. The van der Waals surface area contributed by atoms with Crippen molar-refractivity contribution in [2.45, 2.75) is 20.0 Å². The molecule has 1 atom stereocenters. The highest BCUT2D eigenvalue weighted by Crippen LogP contribution is 2.28. The molecule has 2 aromatic carbocycles. The molecule has 0 spiro atoms. The van der Waals surface area contributed by atoms with Gasteiger partial charge in [0, 0.05) is 22.0 Å². The first-order chi connectivity index (χ1) is 13.4. The number of nitrogens with zero attached hydrogens (tertiary/aromatic N) is 2. The van der Waals surface area contributed by atoms with Crippen LogP contribution in [0.1, 0.15) is 28.6 Å². The van der Waals surface area contributed by atoms with Crippen molar-refractivity contribution in [3.63, 3.8) is 0 Å². The Labute approximate surface area is 173 Å². The maximum Gasteiger partial charge on any atom is 0.273 e. The van der Waals surface area contributed by atoms with Crippen molar-refractivity contribution in [1.29, 1.82) is 0 Å². The third kappa shape index (κ3) is 4.28. The van der Waals surface area contributed by atoms with E-state index in [1.165, 1.54) is 6.21 Å². The summed E-state index contributed by atoms with van der Waals surface area (Å²) in [6, 6.07) is 15.9. The third-order valence-electron chi connectivity index (χ3n) is 4.36. The minimum Gasteiger partial charge on any atom is -0.378 e. The molecule has 0 saturated carbocycles. The normalized spacial score (nSPS) is 12.3. The highest BCUT2D eigenvalue weighted by atomic mass is 35.5.